The first-order valence-corrected chi connectivity index (χ1v) is 14.9. The van der Waals surface area contributed by atoms with Gasteiger partial charge in [0.2, 0.25) is 11.9 Å². The fourth-order valence-electron chi connectivity index (χ4n) is 4.44. The second-order valence-electron chi connectivity index (χ2n) is 9.50. The molecule has 10 nitrogen and oxygen atoms in total. The van der Waals surface area contributed by atoms with Crippen molar-refractivity contribution >= 4 is 15.9 Å². The minimum atomic E-state index is -4.04. The molecule has 0 unspecified atom stereocenters. The molecule has 11 heteroatoms. The average Bonchev–Trinajstić information content (AvgIpc) is 2.98. The third-order valence-electron chi connectivity index (χ3n) is 6.64. The van der Waals surface area contributed by atoms with Gasteiger partial charge in [-0.05, 0) is 37.0 Å². The maximum atomic E-state index is 13.8. The van der Waals surface area contributed by atoms with Gasteiger partial charge in [-0.1, -0.05) is 62.7 Å². The monoisotopic (exact) mass is 575 g/mol. The average molecular weight is 576 g/mol. The quantitative estimate of drug-likeness (QED) is 0.282. The summed E-state index contributed by atoms with van der Waals surface area (Å²) in [6.07, 6.45) is 5.90. The van der Waals surface area contributed by atoms with Crippen molar-refractivity contribution in [3.05, 3.63) is 93.9 Å². The number of aromatic nitrogens is 4. The van der Waals surface area contributed by atoms with Crippen LogP contribution >= 0.6 is 0 Å². The van der Waals surface area contributed by atoms with Gasteiger partial charge in [0, 0.05) is 24.0 Å². The lowest BCUT2D eigenvalue weighted by Crippen LogP contribution is -2.30. The Morgan fingerprint density at radius 2 is 1.71 bits per heavy atom. The molecule has 0 aliphatic heterocycles. The summed E-state index contributed by atoms with van der Waals surface area (Å²) >= 11 is 0. The Hall–Kier alpha value is -4.38. The first kappa shape index (κ1) is 29.6. The highest BCUT2D eigenvalue weighted by atomic mass is 32.2. The lowest BCUT2D eigenvalue weighted by molar-refractivity contribution is -0.119. The van der Waals surface area contributed by atoms with Gasteiger partial charge in [-0.2, -0.15) is 0 Å². The highest BCUT2D eigenvalue weighted by Gasteiger charge is 2.22. The zero-order chi connectivity index (χ0) is 29.6. The van der Waals surface area contributed by atoms with Crippen molar-refractivity contribution in [1.29, 1.82) is 0 Å². The standard InChI is InChI=1S/C30H33N5O5S/c1-5-7-11-26-25(29(37)35(20(3)33-26)30-31-18-23(40-4)19-32-30)17-21-13-15-22(16-14-21)24-10-8-9-12-27(24)41(38,39)34-28(36)6-2/h8-10,12-16,18-19H,5-7,11,17H2,1-4H3,(H,34,36). The lowest BCUT2D eigenvalue weighted by atomic mass is 9.98. The van der Waals surface area contributed by atoms with Gasteiger partial charge in [0.1, 0.15) is 5.82 Å². The molecule has 2 heterocycles. The van der Waals surface area contributed by atoms with Crippen LogP contribution in [0.3, 0.4) is 0 Å². The van der Waals surface area contributed by atoms with E-state index in [4.69, 9.17) is 9.72 Å². The van der Waals surface area contributed by atoms with E-state index in [0.717, 1.165) is 24.1 Å². The SMILES string of the molecule is CCCCc1nc(C)n(-c2ncc(OC)cn2)c(=O)c1Cc1ccc(-c2ccccc2S(=O)(=O)NC(=O)CC)cc1. The number of benzene rings is 2. The molecule has 1 amide bonds. The topological polar surface area (TPSA) is 133 Å². The van der Waals surface area contributed by atoms with E-state index in [9.17, 15) is 18.0 Å². The molecule has 2 aromatic heterocycles. The Kier molecular flexibility index (Phi) is 9.28. The Balaban J connectivity index is 1.71. The lowest BCUT2D eigenvalue weighted by Gasteiger charge is -2.15. The van der Waals surface area contributed by atoms with Crippen molar-refractivity contribution in [2.75, 3.05) is 7.11 Å². The molecule has 214 valence electrons. The van der Waals surface area contributed by atoms with Gasteiger partial charge in [-0.15, -0.1) is 0 Å². The Bertz CT molecular complexity index is 1700. The largest absolute Gasteiger partial charge is 0.494 e. The first-order valence-electron chi connectivity index (χ1n) is 13.4. The summed E-state index contributed by atoms with van der Waals surface area (Å²) < 4.78 is 34.4. The number of nitrogens with one attached hydrogen (secondary N) is 1. The molecular formula is C30H33N5O5S. The summed E-state index contributed by atoms with van der Waals surface area (Å²) in [4.78, 5) is 39.0. The van der Waals surface area contributed by atoms with E-state index in [1.807, 2.05) is 24.3 Å². The third-order valence-corrected chi connectivity index (χ3v) is 8.07. The Morgan fingerprint density at radius 3 is 2.34 bits per heavy atom. The van der Waals surface area contributed by atoms with Gasteiger partial charge < -0.3 is 4.74 Å². The Labute approximate surface area is 239 Å². The van der Waals surface area contributed by atoms with E-state index >= 15 is 0 Å². The van der Waals surface area contributed by atoms with E-state index in [1.54, 1.807) is 32.0 Å². The second-order valence-corrected chi connectivity index (χ2v) is 11.2. The number of unbranched alkanes of at least 4 members (excludes halogenated alkanes) is 1. The van der Waals surface area contributed by atoms with E-state index in [0.29, 0.717) is 41.1 Å². The summed E-state index contributed by atoms with van der Waals surface area (Å²) in [6, 6.07) is 13.9. The van der Waals surface area contributed by atoms with Gasteiger partial charge in [-0.25, -0.2) is 32.7 Å². The third kappa shape index (κ3) is 6.68. The van der Waals surface area contributed by atoms with Crippen molar-refractivity contribution in [3.8, 4) is 22.8 Å². The molecule has 1 N–H and O–H groups in total. The number of methoxy groups -OCH3 is 1. The van der Waals surface area contributed by atoms with Crippen LogP contribution in [0.4, 0.5) is 0 Å². The summed E-state index contributed by atoms with van der Waals surface area (Å²) in [5.74, 6) is 0.617. The fraction of sp³-hybridized carbons (Fsp3) is 0.300. The molecule has 41 heavy (non-hydrogen) atoms. The molecule has 0 fully saturated rings. The van der Waals surface area contributed by atoms with E-state index < -0.39 is 15.9 Å². The number of ether oxygens (including phenoxy) is 1. The van der Waals surface area contributed by atoms with Crippen LogP contribution in [0.2, 0.25) is 0 Å². The normalized spacial score (nSPS) is 11.3. The smallest absolute Gasteiger partial charge is 0.264 e. The van der Waals surface area contributed by atoms with Gasteiger partial charge in [0.25, 0.3) is 15.6 Å². The van der Waals surface area contributed by atoms with Gasteiger partial charge in [-0.3, -0.25) is 9.59 Å². The van der Waals surface area contributed by atoms with Crippen molar-refractivity contribution < 1.29 is 17.9 Å². The predicted octanol–water partition coefficient (Wildman–Crippen LogP) is 4.15. The van der Waals surface area contributed by atoms with Crippen LogP contribution in [0.5, 0.6) is 5.75 Å². The molecule has 0 aliphatic carbocycles. The number of hydrogen-bond acceptors (Lipinski definition) is 8. The van der Waals surface area contributed by atoms with Crippen LogP contribution in [0.25, 0.3) is 17.1 Å². The molecule has 4 rings (SSSR count). The molecule has 2 aromatic carbocycles. The van der Waals surface area contributed by atoms with Crippen molar-refractivity contribution in [2.24, 2.45) is 0 Å². The summed E-state index contributed by atoms with van der Waals surface area (Å²) in [6.45, 7) is 5.44. The van der Waals surface area contributed by atoms with Crippen LogP contribution in [-0.4, -0.2) is 41.0 Å². The van der Waals surface area contributed by atoms with Crippen molar-refractivity contribution in [2.45, 2.75) is 57.8 Å². The molecule has 0 aliphatic rings. The number of sulfonamides is 1. The molecule has 0 atom stereocenters. The number of rotatable bonds is 11. The van der Waals surface area contributed by atoms with Crippen LogP contribution in [0, 0.1) is 6.92 Å². The molecule has 0 saturated heterocycles. The van der Waals surface area contributed by atoms with Crippen LogP contribution in [0.1, 0.15) is 55.8 Å². The fourth-order valence-corrected chi connectivity index (χ4v) is 5.72. The first-order chi connectivity index (χ1) is 19.7. The zero-order valence-corrected chi connectivity index (χ0v) is 24.4. The maximum Gasteiger partial charge on any atom is 0.264 e. The number of nitrogens with zero attached hydrogens (tertiary/aromatic N) is 4. The second kappa shape index (κ2) is 12.9. The summed E-state index contributed by atoms with van der Waals surface area (Å²) in [5.41, 5.74) is 3.05. The van der Waals surface area contributed by atoms with Crippen LogP contribution < -0.4 is 15.0 Å². The minimum Gasteiger partial charge on any atom is -0.494 e. The molecule has 0 radical (unpaired) electrons. The number of amides is 1. The predicted molar refractivity (Wildman–Crippen MR) is 156 cm³/mol. The number of carbonyl (C=O) groups is 1. The van der Waals surface area contributed by atoms with Gasteiger partial charge in [0.05, 0.1) is 30.1 Å². The van der Waals surface area contributed by atoms with Gasteiger partial charge in [0.15, 0.2) is 5.75 Å². The van der Waals surface area contributed by atoms with Crippen LogP contribution in [-0.2, 0) is 27.7 Å². The molecule has 0 spiro atoms. The molecule has 0 bridgehead atoms. The van der Waals surface area contributed by atoms with Gasteiger partial charge >= 0.3 is 0 Å². The summed E-state index contributed by atoms with van der Waals surface area (Å²) in [5, 5.41) is 0. The Morgan fingerprint density at radius 1 is 1.02 bits per heavy atom. The highest BCUT2D eigenvalue weighted by molar-refractivity contribution is 7.90. The minimum absolute atomic E-state index is 0.0153. The van der Waals surface area contributed by atoms with Crippen molar-refractivity contribution in [3.63, 3.8) is 0 Å². The molecular weight excluding hydrogens is 542 g/mol. The van der Waals surface area contributed by atoms with E-state index in [1.165, 1.54) is 30.1 Å². The van der Waals surface area contributed by atoms with E-state index in [2.05, 4.69) is 21.6 Å². The number of hydrogen-bond donors (Lipinski definition) is 1. The number of carbonyl (C=O) groups excluding carboxylic acids is 1. The molecule has 4 aromatic rings. The highest BCUT2D eigenvalue weighted by Crippen LogP contribution is 2.28. The maximum absolute atomic E-state index is 13.8. The van der Waals surface area contributed by atoms with Crippen molar-refractivity contribution in [1.82, 2.24) is 24.2 Å². The van der Waals surface area contributed by atoms with Crippen LogP contribution in [0.15, 0.2) is 70.6 Å². The van der Waals surface area contributed by atoms with E-state index in [-0.39, 0.29) is 22.8 Å². The zero-order valence-electron chi connectivity index (χ0n) is 23.5. The number of aryl methyl sites for hydroxylation is 2. The summed E-state index contributed by atoms with van der Waals surface area (Å²) in [7, 11) is -2.52. The molecule has 0 saturated carbocycles.